The molecule has 1 N–H and O–H groups in total. The van der Waals surface area contributed by atoms with E-state index in [1.807, 2.05) is 4.90 Å². The molecule has 0 spiro atoms. The van der Waals surface area contributed by atoms with Crippen molar-refractivity contribution < 1.29 is 13.9 Å². The molecular formula is C21H20Cl2F2N4O. The number of nitrogens with zero attached hydrogens (tertiary/aromatic N) is 4. The maximum absolute atomic E-state index is 14.6. The summed E-state index contributed by atoms with van der Waals surface area (Å²) >= 11 is 12.3. The van der Waals surface area contributed by atoms with Gasteiger partial charge in [0.2, 0.25) is 0 Å². The van der Waals surface area contributed by atoms with Crippen molar-refractivity contribution in [2.45, 2.75) is 18.7 Å². The minimum Gasteiger partial charge on any atom is -0.382 e. The highest BCUT2D eigenvalue weighted by Gasteiger charge is 2.35. The van der Waals surface area contributed by atoms with Crippen LogP contribution in [0.25, 0.3) is 0 Å². The van der Waals surface area contributed by atoms with E-state index in [1.165, 1.54) is 23.4 Å². The van der Waals surface area contributed by atoms with E-state index in [0.29, 0.717) is 23.1 Å². The summed E-state index contributed by atoms with van der Waals surface area (Å²) in [5.41, 5.74) is -0.991. The van der Waals surface area contributed by atoms with Crippen molar-refractivity contribution in [3.8, 4) is 0 Å². The highest BCUT2D eigenvalue weighted by molar-refractivity contribution is 6.35. The van der Waals surface area contributed by atoms with Gasteiger partial charge in [-0.1, -0.05) is 41.4 Å². The number of halogens is 4. The van der Waals surface area contributed by atoms with E-state index in [2.05, 4.69) is 16.7 Å². The highest BCUT2D eigenvalue weighted by atomic mass is 35.5. The van der Waals surface area contributed by atoms with E-state index < -0.39 is 17.2 Å². The fraction of sp³-hybridized carbons (Fsp3) is 0.238. The maximum atomic E-state index is 14.6. The quantitative estimate of drug-likeness (QED) is 0.487. The summed E-state index contributed by atoms with van der Waals surface area (Å²) in [6.07, 6.45) is 4.40. The van der Waals surface area contributed by atoms with Crippen molar-refractivity contribution in [1.82, 2.24) is 19.7 Å². The van der Waals surface area contributed by atoms with Gasteiger partial charge in [-0.25, -0.2) is 18.4 Å². The van der Waals surface area contributed by atoms with Gasteiger partial charge in [0.05, 0.1) is 6.54 Å². The lowest BCUT2D eigenvalue weighted by molar-refractivity contribution is -0.0210. The lowest BCUT2D eigenvalue weighted by Crippen LogP contribution is -2.44. The van der Waals surface area contributed by atoms with Crippen molar-refractivity contribution in [2.24, 2.45) is 0 Å². The van der Waals surface area contributed by atoms with Crippen LogP contribution in [0.1, 0.15) is 11.1 Å². The third kappa shape index (κ3) is 5.43. The summed E-state index contributed by atoms with van der Waals surface area (Å²) in [5.74, 6) is -1.57. The maximum Gasteiger partial charge on any atom is 0.137 e. The normalized spacial score (nSPS) is 13.4. The van der Waals surface area contributed by atoms with E-state index in [0.717, 1.165) is 17.7 Å². The molecule has 0 fully saturated rings. The molecule has 2 aromatic carbocycles. The number of rotatable bonds is 9. The molecule has 158 valence electrons. The lowest BCUT2D eigenvalue weighted by atomic mass is 9.92. The Morgan fingerprint density at radius 3 is 2.63 bits per heavy atom. The van der Waals surface area contributed by atoms with Crippen LogP contribution in [0.3, 0.4) is 0 Å². The van der Waals surface area contributed by atoms with Crippen molar-refractivity contribution >= 4 is 23.2 Å². The van der Waals surface area contributed by atoms with Gasteiger partial charge in [-0.2, -0.15) is 5.10 Å². The van der Waals surface area contributed by atoms with Gasteiger partial charge in [0, 0.05) is 41.3 Å². The van der Waals surface area contributed by atoms with Gasteiger partial charge < -0.3 is 5.11 Å². The van der Waals surface area contributed by atoms with Crippen molar-refractivity contribution in [2.75, 3.05) is 13.1 Å². The Morgan fingerprint density at radius 1 is 1.20 bits per heavy atom. The number of hydrogen-bond donors (Lipinski definition) is 1. The van der Waals surface area contributed by atoms with Gasteiger partial charge >= 0.3 is 0 Å². The van der Waals surface area contributed by atoms with Crippen molar-refractivity contribution in [1.29, 1.82) is 0 Å². The third-order valence-electron chi connectivity index (χ3n) is 4.60. The minimum absolute atomic E-state index is 0.000385. The Balaban J connectivity index is 1.95. The summed E-state index contributed by atoms with van der Waals surface area (Å²) in [7, 11) is 0. The average Bonchev–Trinajstić information content (AvgIpc) is 3.16. The fourth-order valence-corrected chi connectivity index (χ4v) is 3.77. The van der Waals surface area contributed by atoms with Gasteiger partial charge in [0.1, 0.15) is 29.9 Å². The van der Waals surface area contributed by atoms with Crippen LogP contribution >= 0.6 is 23.2 Å². The number of hydrogen-bond acceptors (Lipinski definition) is 4. The molecule has 5 nitrogen and oxygen atoms in total. The lowest BCUT2D eigenvalue weighted by Gasteiger charge is -2.34. The SMILES string of the molecule is C=CCN(Cc1ccc(Cl)cc1Cl)CC(O)(Cn1cncn1)c1ccc(F)cc1F. The van der Waals surface area contributed by atoms with Gasteiger partial charge in [0.25, 0.3) is 0 Å². The van der Waals surface area contributed by atoms with E-state index in [9.17, 15) is 13.9 Å². The molecule has 0 aliphatic heterocycles. The number of benzene rings is 2. The predicted molar refractivity (Wildman–Crippen MR) is 112 cm³/mol. The van der Waals surface area contributed by atoms with Gasteiger partial charge in [0.15, 0.2) is 0 Å². The second-order valence-corrected chi connectivity index (χ2v) is 7.79. The molecule has 0 amide bonds. The largest absolute Gasteiger partial charge is 0.382 e. The second kappa shape index (κ2) is 9.66. The topological polar surface area (TPSA) is 54.2 Å². The first-order valence-corrected chi connectivity index (χ1v) is 9.84. The molecule has 0 radical (unpaired) electrons. The molecule has 1 aromatic heterocycles. The molecule has 3 aromatic rings. The van der Waals surface area contributed by atoms with Crippen LogP contribution in [0, 0.1) is 11.6 Å². The van der Waals surface area contributed by atoms with Crippen LogP contribution in [0.15, 0.2) is 61.7 Å². The van der Waals surface area contributed by atoms with Gasteiger partial charge in [-0.15, -0.1) is 6.58 Å². The molecule has 30 heavy (non-hydrogen) atoms. The third-order valence-corrected chi connectivity index (χ3v) is 5.19. The van der Waals surface area contributed by atoms with E-state index >= 15 is 0 Å². The Hall–Kier alpha value is -2.32. The fourth-order valence-electron chi connectivity index (χ4n) is 3.30. The minimum atomic E-state index is -1.73. The summed E-state index contributed by atoms with van der Waals surface area (Å²) in [6, 6.07) is 8.23. The predicted octanol–water partition coefficient (Wildman–Crippen LogP) is 4.44. The summed E-state index contributed by atoms with van der Waals surface area (Å²) in [5, 5.41) is 16.5. The molecule has 0 saturated heterocycles. The van der Waals surface area contributed by atoms with Crippen LogP contribution in [0.4, 0.5) is 8.78 Å². The van der Waals surface area contributed by atoms with E-state index in [-0.39, 0.29) is 18.7 Å². The Labute approximate surface area is 183 Å². The van der Waals surface area contributed by atoms with Gasteiger partial charge in [-0.3, -0.25) is 4.90 Å². The van der Waals surface area contributed by atoms with Crippen molar-refractivity contribution in [3.05, 3.63) is 94.5 Å². The van der Waals surface area contributed by atoms with E-state index in [1.54, 1.807) is 24.3 Å². The highest BCUT2D eigenvalue weighted by Crippen LogP contribution is 2.29. The monoisotopic (exact) mass is 452 g/mol. The first kappa shape index (κ1) is 22.4. The van der Waals surface area contributed by atoms with Crippen LogP contribution in [-0.4, -0.2) is 37.9 Å². The summed E-state index contributed by atoms with van der Waals surface area (Å²) < 4.78 is 29.5. The molecule has 1 heterocycles. The second-order valence-electron chi connectivity index (χ2n) is 6.94. The first-order chi connectivity index (χ1) is 14.3. The zero-order valence-corrected chi connectivity index (χ0v) is 17.5. The van der Waals surface area contributed by atoms with Crippen LogP contribution in [0.2, 0.25) is 10.0 Å². The Kier molecular flexibility index (Phi) is 7.20. The molecule has 1 atom stereocenters. The Morgan fingerprint density at radius 2 is 2.00 bits per heavy atom. The molecule has 0 saturated carbocycles. The molecule has 1 unspecified atom stereocenters. The summed E-state index contributed by atoms with van der Waals surface area (Å²) in [4.78, 5) is 5.72. The van der Waals surface area contributed by atoms with E-state index in [4.69, 9.17) is 23.2 Å². The van der Waals surface area contributed by atoms with Crippen LogP contribution < -0.4 is 0 Å². The average molecular weight is 453 g/mol. The van der Waals surface area contributed by atoms with Gasteiger partial charge in [-0.05, 0) is 23.8 Å². The molecular weight excluding hydrogens is 433 g/mol. The zero-order chi connectivity index (χ0) is 21.7. The molecule has 0 aliphatic carbocycles. The number of aliphatic hydroxyl groups is 1. The zero-order valence-electron chi connectivity index (χ0n) is 16.0. The van der Waals surface area contributed by atoms with Crippen molar-refractivity contribution in [3.63, 3.8) is 0 Å². The summed E-state index contributed by atoms with van der Waals surface area (Å²) in [6.45, 7) is 4.41. The molecule has 9 heteroatoms. The standard InChI is InChI=1S/C21H20Cl2F2N4O/c1-2-7-28(10-15-3-4-16(22)8-19(15)23)11-21(30,12-29-14-26-13-27-29)18-6-5-17(24)9-20(18)25/h2-6,8-9,13-14,30H,1,7,10-12H2. The number of aromatic nitrogens is 3. The molecule has 0 bridgehead atoms. The van der Waals surface area contributed by atoms with Crippen LogP contribution in [0.5, 0.6) is 0 Å². The van der Waals surface area contributed by atoms with Crippen LogP contribution in [-0.2, 0) is 18.7 Å². The first-order valence-electron chi connectivity index (χ1n) is 9.08. The smallest absolute Gasteiger partial charge is 0.137 e. The molecule has 0 aliphatic rings. The molecule has 3 rings (SSSR count). The Bertz CT molecular complexity index is 1020.